The maximum Gasteiger partial charge on any atom is 0.307 e. The van der Waals surface area contributed by atoms with Crippen molar-refractivity contribution >= 4 is 23.7 Å². The Bertz CT molecular complexity index is 668. The lowest BCUT2D eigenvalue weighted by Crippen LogP contribution is -2.03. The van der Waals surface area contributed by atoms with Crippen molar-refractivity contribution in [2.75, 3.05) is 0 Å². The third kappa shape index (κ3) is 4.93. The predicted molar refractivity (Wildman–Crippen MR) is 84.3 cm³/mol. The van der Waals surface area contributed by atoms with E-state index >= 15 is 0 Å². The van der Waals surface area contributed by atoms with Crippen LogP contribution < -0.4 is 0 Å². The van der Waals surface area contributed by atoms with Gasteiger partial charge in [0, 0.05) is 16.2 Å². The molecule has 114 valence electrons. The van der Waals surface area contributed by atoms with Crippen molar-refractivity contribution < 1.29 is 19.8 Å². The van der Waals surface area contributed by atoms with Gasteiger partial charge < -0.3 is 10.2 Å². The quantitative estimate of drug-likeness (QED) is 0.818. The molecule has 22 heavy (non-hydrogen) atoms. The second kappa shape index (κ2) is 7.66. The van der Waals surface area contributed by atoms with E-state index in [1.54, 1.807) is 6.07 Å². The molecule has 0 fully saturated rings. The van der Waals surface area contributed by atoms with Gasteiger partial charge in [0.2, 0.25) is 0 Å². The van der Waals surface area contributed by atoms with E-state index in [2.05, 4.69) is 0 Å². The monoisotopic (exact) mass is 316 g/mol. The molecule has 0 aliphatic heterocycles. The number of carboxylic acids is 2. The van der Waals surface area contributed by atoms with Crippen molar-refractivity contribution in [2.45, 2.75) is 29.1 Å². The highest BCUT2D eigenvalue weighted by molar-refractivity contribution is 7.99. The molecular weight excluding hydrogens is 300 g/mol. The Balaban J connectivity index is 2.24. The Hall–Kier alpha value is -2.27. The lowest BCUT2D eigenvalue weighted by molar-refractivity contribution is -0.137. The molecule has 2 rings (SSSR count). The number of carboxylic acid groups (broad SMARTS) is 2. The van der Waals surface area contributed by atoms with Crippen molar-refractivity contribution in [3.05, 3.63) is 59.7 Å². The average molecular weight is 316 g/mol. The van der Waals surface area contributed by atoms with E-state index in [9.17, 15) is 9.59 Å². The Labute approximate surface area is 132 Å². The van der Waals surface area contributed by atoms with Crippen LogP contribution in [0.5, 0.6) is 0 Å². The lowest BCUT2D eigenvalue weighted by Gasteiger charge is -2.10. The van der Waals surface area contributed by atoms with E-state index in [0.29, 0.717) is 12.0 Å². The minimum Gasteiger partial charge on any atom is -0.481 e. The number of benzene rings is 2. The molecule has 0 spiro atoms. The standard InChI is InChI=1S/C17H16O4S/c18-16(19)9-7-12-6-8-15(13(10-12)11-17(20)21)22-14-4-2-1-3-5-14/h1-6,8,10H,7,9,11H2,(H,18,19)(H,20,21). The first kappa shape index (κ1) is 16.1. The molecule has 2 aromatic rings. The minimum atomic E-state index is -0.898. The summed E-state index contributed by atoms with van der Waals surface area (Å²) in [6.45, 7) is 0. The summed E-state index contributed by atoms with van der Waals surface area (Å²) >= 11 is 1.51. The van der Waals surface area contributed by atoms with Gasteiger partial charge in [0.25, 0.3) is 0 Å². The van der Waals surface area contributed by atoms with Crippen LogP contribution in [0.4, 0.5) is 0 Å². The van der Waals surface area contributed by atoms with Gasteiger partial charge in [-0.3, -0.25) is 9.59 Å². The fourth-order valence-corrected chi connectivity index (χ4v) is 3.00. The second-order valence-corrected chi connectivity index (χ2v) is 5.94. The predicted octanol–water partition coefficient (Wildman–Crippen LogP) is 3.48. The third-order valence-electron chi connectivity index (χ3n) is 3.07. The second-order valence-electron chi connectivity index (χ2n) is 4.82. The summed E-state index contributed by atoms with van der Waals surface area (Å²) < 4.78 is 0. The molecule has 0 radical (unpaired) electrons. The number of hydrogen-bond donors (Lipinski definition) is 2. The molecule has 0 bridgehead atoms. The zero-order valence-electron chi connectivity index (χ0n) is 11.9. The molecule has 0 atom stereocenters. The van der Waals surface area contributed by atoms with Crippen LogP contribution >= 0.6 is 11.8 Å². The van der Waals surface area contributed by atoms with Gasteiger partial charge >= 0.3 is 11.9 Å². The summed E-state index contributed by atoms with van der Waals surface area (Å²) in [4.78, 5) is 23.6. The average Bonchev–Trinajstić information content (AvgIpc) is 2.48. The maximum atomic E-state index is 11.0. The maximum absolute atomic E-state index is 11.0. The van der Waals surface area contributed by atoms with Gasteiger partial charge in [0.1, 0.15) is 0 Å². The number of aryl methyl sites for hydroxylation is 1. The SMILES string of the molecule is O=C(O)CCc1ccc(Sc2ccccc2)c(CC(=O)O)c1. The van der Waals surface area contributed by atoms with Crippen molar-refractivity contribution in [3.8, 4) is 0 Å². The number of hydrogen-bond acceptors (Lipinski definition) is 3. The van der Waals surface area contributed by atoms with Crippen molar-refractivity contribution in [3.63, 3.8) is 0 Å². The van der Waals surface area contributed by atoms with Gasteiger partial charge in [-0.25, -0.2) is 0 Å². The third-order valence-corrected chi connectivity index (χ3v) is 4.19. The molecule has 0 saturated heterocycles. The summed E-state index contributed by atoms with van der Waals surface area (Å²) in [5.74, 6) is -1.76. The van der Waals surface area contributed by atoms with Crippen LogP contribution in [0.15, 0.2) is 58.3 Å². The molecule has 0 unspecified atom stereocenters. The van der Waals surface area contributed by atoms with Crippen molar-refractivity contribution in [1.29, 1.82) is 0 Å². The van der Waals surface area contributed by atoms with E-state index < -0.39 is 11.9 Å². The smallest absolute Gasteiger partial charge is 0.307 e. The molecule has 2 N–H and O–H groups in total. The molecule has 0 aromatic heterocycles. The van der Waals surface area contributed by atoms with Gasteiger partial charge in [-0.05, 0) is 35.7 Å². The highest BCUT2D eigenvalue weighted by Gasteiger charge is 2.10. The van der Waals surface area contributed by atoms with Gasteiger partial charge in [-0.2, -0.15) is 0 Å². The number of aliphatic carboxylic acids is 2. The van der Waals surface area contributed by atoms with E-state index in [1.165, 1.54) is 11.8 Å². The van der Waals surface area contributed by atoms with Crippen molar-refractivity contribution in [1.82, 2.24) is 0 Å². The first-order valence-electron chi connectivity index (χ1n) is 6.83. The van der Waals surface area contributed by atoms with Crippen LogP contribution in [0, 0.1) is 0 Å². The summed E-state index contributed by atoms with van der Waals surface area (Å²) in [6.07, 6.45) is 0.367. The van der Waals surface area contributed by atoms with Gasteiger partial charge in [-0.15, -0.1) is 0 Å². The number of rotatable bonds is 7. The fourth-order valence-electron chi connectivity index (χ4n) is 2.06. The first-order valence-corrected chi connectivity index (χ1v) is 7.64. The highest BCUT2D eigenvalue weighted by Crippen LogP contribution is 2.31. The lowest BCUT2D eigenvalue weighted by atomic mass is 10.0. The van der Waals surface area contributed by atoms with Crippen LogP contribution in [0.25, 0.3) is 0 Å². The molecule has 4 nitrogen and oxygen atoms in total. The summed E-state index contributed by atoms with van der Waals surface area (Å²) in [7, 11) is 0. The van der Waals surface area contributed by atoms with Crippen LogP contribution in [-0.4, -0.2) is 22.2 Å². The van der Waals surface area contributed by atoms with Crippen LogP contribution in [0.2, 0.25) is 0 Å². The molecule has 0 amide bonds. The van der Waals surface area contributed by atoms with Crippen LogP contribution in [0.1, 0.15) is 17.5 Å². The normalized spacial score (nSPS) is 10.4. The largest absolute Gasteiger partial charge is 0.481 e. The Morgan fingerprint density at radius 2 is 1.68 bits per heavy atom. The zero-order valence-corrected chi connectivity index (χ0v) is 12.7. The molecular formula is C17H16O4S. The van der Waals surface area contributed by atoms with Crippen molar-refractivity contribution in [2.24, 2.45) is 0 Å². The fraction of sp³-hybridized carbons (Fsp3) is 0.176. The Morgan fingerprint density at radius 1 is 0.955 bits per heavy atom. The van der Waals surface area contributed by atoms with E-state index in [4.69, 9.17) is 10.2 Å². The highest BCUT2D eigenvalue weighted by atomic mass is 32.2. The van der Waals surface area contributed by atoms with E-state index in [0.717, 1.165) is 15.4 Å². The Morgan fingerprint density at radius 3 is 2.32 bits per heavy atom. The molecule has 0 saturated carbocycles. The topological polar surface area (TPSA) is 74.6 Å². The van der Waals surface area contributed by atoms with Crippen LogP contribution in [-0.2, 0) is 22.4 Å². The summed E-state index contributed by atoms with van der Waals surface area (Å²) in [5, 5.41) is 17.8. The van der Waals surface area contributed by atoms with Gasteiger partial charge in [0.05, 0.1) is 6.42 Å². The number of carbonyl (C=O) groups is 2. The summed E-state index contributed by atoms with van der Waals surface area (Å²) in [5.41, 5.74) is 1.56. The van der Waals surface area contributed by atoms with Gasteiger partial charge in [-0.1, -0.05) is 42.1 Å². The molecule has 0 aliphatic rings. The van der Waals surface area contributed by atoms with E-state index in [-0.39, 0.29) is 12.8 Å². The van der Waals surface area contributed by atoms with Gasteiger partial charge in [0.15, 0.2) is 0 Å². The molecule has 0 heterocycles. The van der Waals surface area contributed by atoms with E-state index in [1.807, 2.05) is 42.5 Å². The molecule has 0 aliphatic carbocycles. The molecule has 5 heteroatoms. The first-order chi connectivity index (χ1) is 10.5. The zero-order chi connectivity index (χ0) is 15.9. The van der Waals surface area contributed by atoms with Crippen LogP contribution in [0.3, 0.4) is 0 Å². The summed E-state index contributed by atoms with van der Waals surface area (Å²) in [6, 6.07) is 15.2. The Kier molecular flexibility index (Phi) is 5.61. The molecule has 2 aromatic carbocycles. The minimum absolute atomic E-state index is 0.0394.